The lowest BCUT2D eigenvalue weighted by molar-refractivity contribution is -0.143. The molecule has 0 unspecified atom stereocenters. The van der Waals surface area contributed by atoms with E-state index in [1.807, 2.05) is 0 Å². The summed E-state index contributed by atoms with van der Waals surface area (Å²) in [6.07, 6.45) is -0.0490. The first-order valence-corrected chi connectivity index (χ1v) is 4.15. The summed E-state index contributed by atoms with van der Waals surface area (Å²) in [6, 6.07) is -0.757. The normalized spacial score (nSPS) is 13.6. The Morgan fingerprint density at radius 1 is 1.38 bits per heavy atom. The molecule has 0 aliphatic heterocycles. The van der Waals surface area contributed by atoms with Crippen LogP contribution in [0, 0.1) is 5.41 Å². The van der Waals surface area contributed by atoms with E-state index in [1.165, 1.54) is 7.11 Å². The topological polar surface area (TPSA) is 69.4 Å². The Morgan fingerprint density at radius 2 is 1.85 bits per heavy atom. The van der Waals surface area contributed by atoms with Crippen molar-refractivity contribution in [2.75, 3.05) is 7.11 Å². The number of esters is 1. The molecule has 0 bridgehead atoms. The fourth-order valence-electron chi connectivity index (χ4n) is 0.912. The minimum Gasteiger partial charge on any atom is -0.469 e. The van der Waals surface area contributed by atoms with Crippen molar-refractivity contribution in [1.29, 1.82) is 0 Å². The van der Waals surface area contributed by atoms with Gasteiger partial charge < -0.3 is 10.5 Å². The molecule has 0 heterocycles. The molecule has 0 radical (unpaired) electrons. The van der Waals surface area contributed by atoms with E-state index in [1.54, 1.807) is 20.8 Å². The Hall–Kier alpha value is -0.900. The predicted octanol–water partition coefficient (Wildman–Crippen LogP) is 0.492. The molecule has 1 atom stereocenters. The summed E-state index contributed by atoms with van der Waals surface area (Å²) in [4.78, 5) is 22.3. The number of ketones is 1. The highest BCUT2D eigenvalue weighted by Crippen LogP contribution is 2.17. The molecule has 0 saturated heterocycles. The van der Waals surface area contributed by atoms with Gasteiger partial charge in [-0.1, -0.05) is 20.8 Å². The number of methoxy groups -OCH3 is 1. The van der Waals surface area contributed by atoms with Crippen molar-refractivity contribution < 1.29 is 14.3 Å². The smallest absolute Gasteiger partial charge is 0.307 e. The molecule has 0 aliphatic carbocycles. The van der Waals surface area contributed by atoms with Gasteiger partial charge in [0.2, 0.25) is 0 Å². The monoisotopic (exact) mass is 187 g/mol. The van der Waals surface area contributed by atoms with Gasteiger partial charge in [0, 0.05) is 5.41 Å². The van der Waals surface area contributed by atoms with Crippen molar-refractivity contribution >= 4 is 11.8 Å². The average molecular weight is 187 g/mol. The first-order chi connectivity index (χ1) is 5.79. The number of ether oxygens (including phenoxy) is 1. The molecule has 0 saturated carbocycles. The van der Waals surface area contributed by atoms with Gasteiger partial charge in [-0.05, 0) is 0 Å². The molecule has 0 spiro atoms. The first-order valence-electron chi connectivity index (χ1n) is 4.15. The Morgan fingerprint density at radius 3 is 2.15 bits per heavy atom. The van der Waals surface area contributed by atoms with Gasteiger partial charge in [0.1, 0.15) is 0 Å². The largest absolute Gasteiger partial charge is 0.469 e. The average Bonchev–Trinajstić information content (AvgIpc) is 2.01. The highest BCUT2D eigenvalue weighted by Gasteiger charge is 2.28. The highest BCUT2D eigenvalue weighted by molar-refractivity contribution is 5.91. The van der Waals surface area contributed by atoms with Crippen molar-refractivity contribution in [2.45, 2.75) is 33.2 Å². The second-order valence-electron chi connectivity index (χ2n) is 4.00. The van der Waals surface area contributed by atoms with Gasteiger partial charge in [0.05, 0.1) is 19.6 Å². The molecular formula is C9H17NO3. The lowest BCUT2D eigenvalue weighted by Crippen LogP contribution is -2.40. The summed E-state index contributed by atoms with van der Waals surface area (Å²) in [7, 11) is 1.27. The lowest BCUT2D eigenvalue weighted by Gasteiger charge is -2.20. The SMILES string of the molecule is COC(=O)C[C@H](N)C(=O)C(C)(C)C. The van der Waals surface area contributed by atoms with E-state index >= 15 is 0 Å². The van der Waals surface area contributed by atoms with Gasteiger partial charge >= 0.3 is 5.97 Å². The van der Waals surface area contributed by atoms with Crippen LogP contribution in [0.15, 0.2) is 0 Å². The van der Waals surface area contributed by atoms with Gasteiger partial charge in [-0.2, -0.15) is 0 Å². The van der Waals surface area contributed by atoms with Gasteiger partial charge in [-0.3, -0.25) is 9.59 Å². The van der Waals surface area contributed by atoms with Gasteiger partial charge in [0.15, 0.2) is 5.78 Å². The van der Waals surface area contributed by atoms with Crippen molar-refractivity contribution in [3.63, 3.8) is 0 Å². The minimum atomic E-state index is -0.757. The predicted molar refractivity (Wildman–Crippen MR) is 49.1 cm³/mol. The summed E-state index contributed by atoms with van der Waals surface area (Å²) in [6.45, 7) is 5.31. The second-order valence-corrected chi connectivity index (χ2v) is 4.00. The van der Waals surface area contributed by atoms with Gasteiger partial charge in [-0.15, -0.1) is 0 Å². The molecule has 0 aromatic heterocycles. The fraction of sp³-hybridized carbons (Fsp3) is 0.778. The van der Waals surface area contributed by atoms with Crippen molar-refractivity contribution in [1.82, 2.24) is 0 Å². The van der Waals surface area contributed by atoms with Crippen molar-refractivity contribution in [2.24, 2.45) is 11.1 Å². The molecule has 4 heteroatoms. The number of carbonyl (C=O) groups excluding carboxylic acids is 2. The molecule has 0 amide bonds. The summed E-state index contributed by atoms with van der Waals surface area (Å²) >= 11 is 0. The van der Waals surface area contributed by atoms with Gasteiger partial charge in [-0.25, -0.2) is 0 Å². The Balaban J connectivity index is 4.20. The van der Waals surface area contributed by atoms with Crippen LogP contribution in [0.3, 0.4) is 0 Å². The zero-order valence-electron chi connectivity index (χ0n) is 8.59. The standard InChI is InChI=1S/C9H17NO3/c1-9(2,3)8(12)6(10)5-7(11)13-4/h6H,5,10H2,1-4H3/t6-/m0/s1. The Kier molecular flexibility index (Phi) is 4.07. The van der Waals surface area contributed by atoms with Crippen LogP contribution in [-0.4, -0.2) is 24.9 Å². The zero-order chi connectivity index (χ0) is 10.6. The maximum Gasteiger partial charge on any atom is 0.307 e. The molecule has 13 heavy (non-hydrogen) atoms. The molecule has 4 nitrogen and oxygen atoms in total. The number of carbonyl (C=O) groups is 2. The third-order valence-corrected chi connectivity index (χ3v) is 1.69. The minimum absolute atomic E-state index is 0.0490. The maximum atomic E-state index is 11.5. The third kappa shape index (κ3) is 4.03. The number of hydrogen-bond donors (Lipinski definition) is 1. The van der Waals surface area contributed by atoms with Crippen LogP contribution in [0.25, 0.3) is 0 Å². The van der Waals surface area contributed by atoms with Crippen molar-refractivity contribution in [3.05, 3.63) is 0 Å². The number of Topliss-reactive ketones (excluding diaryl/α,β-unsaturated/α-hetero) is 1. The van der Waals surface area contributed by atoms with Crippen LogP contribution >= 0.6 is 0 Å². The molecule has 0 aromatic rings. The molecule has 0 rings (SSSR count). The molecule has 2 N–H and O–H groups in total. The van der Waals surface area contributed by atoms with E-state index in [2.05, 4.69) is 4.74 Å². The van der Waals surface area contributed by atoms with E-state index in [-0.39, 0.29) is 12.2 Å². The molecule has 0 aliphatic rings. The van der Waals surface area contributed by atoms with E-state index in [4.69, 9.17) is 5.73 Å². The maximum absolute atomic E-state index is 11.5. The van der Waals surface area contributed by atoms with Crippen LogP contribution in [0.1, 0.15) is 27.2 Å². The van der Waals surface area contributed by atoms with Crippen LogP contribution in [0.2, 0.25) is 0 Å². The van der Waals surface area contributed by atoms with E-state index in [9.17, 15) is 9.59 Å². The lowest BCUT2D eigenvalue weighted by atomic mass is 9.86. The zero-order valence-corrected chi connectivity index (χ0v) is 8.59. The summed E-state index contributed by atoms with van der Waals surface area (Å²) in [5, 5.41) is 0. The molecule has 76 valence electrons. The number of hydrogen-bond acceptors (Lipinski definition) is 4. The summed E-state index contributed by atoms with van der Waals surface area (Å²) in [5.74, 6) is -0.581. The summed E-state index contributed by atoms with van der Waals surface area (Å²) < 4.78 is 4.41. The first kappa shape index (κ1) is 12.1. The number of rotatable bonds is 3. The Bertz CT molecular complexity index is 205. The van der Waals surface area contributed by atoms with Crippen molar-refractivity contribution in [3.8, 4) is 0 Å². The second kappa shape index (κ2) is 4.37. The number of nitrogens with two attached hydrogens (primary N) is 1. The molecular weight excluding hydrogens is 170 g/mol. The molecule has 0 aromatic carbocycles. The van der Waals surface area contributed by atoms with Crippen LogP contribution < -0.4 is 5.73 Å². The van der Waals surface area contributed by atoms with Crippen LogP contribution in [-0.2, 0) is 14.3 Å². The van der Waals surface area contributed by atoms with Crippen LogP contribution in [0.5, 0.6) is 0 Å². The highest BCUT2D eigenvalue weighted by atomic mass is 16.5. The van der Waals surface area contributed by atoms with Gasteiger partial charge in [0.25, 0.3) is 0 Å². The van der Waals surface area contributed by atoms with E-state index in [0.29, 0.717) is 0 Å². The summed E-state index contributed by atoms with van der Waals surface area (Å²) in [5.41, 5.74) is 5.02. The molecule has 0 fully saturated rings. The van der Waals surface area contributed by atoms with E-state index < -0.39 is 17.4 Å². The Labute approximate surface area is 78.4 Å². The van der Waals surface area contributed by atoms with E-state index in [0.717, 1.165) is 0 Å². The third-order valence-electron chi connectivity index (χ3n) is 1.69. The quantitative estimate of drug-likeness (QED) is 0.653. The van der Waals surface area contributed by atoms with Crippen LogP contribution in [0.4, 0.5) is 0 Å². The fourth-order valence-corrected chi connectivity index (χ4v) is 0.912.